The molecule has 1 aromatic heterocycles. The topological polar surface area (TPSA) is 96.8 Å². The molecule has 9 nitrogen and oxygen atoms in total. The van der Waals surface area contributed by atoms with Crippen LogP contribution in [0.15, 0.2) is 54.6 Å². The maximum Gasteiger partial charge on any atom is 0.280 e. The molecular weight excluding hydrogens is 566 g/mol. The van der Waals surface area contributed by atoms with Gasteiger partial charge in [-0.3, -0.25) is 19.3 Å². The van der Waals surface area contributed by atoms with Gasteiger partial charge in [0, 0.05) is 42.0 Å². The van der Waals surface area contributed by atoms with E-state index in [0.717, 1.165) is 11.1 Å². The molecular formula is C33H32ClN5O4. The number of hydrogen-bond donors (Lipinski definition) is 1. The average Bonchev–Trinajstić information content (AvgIpc) is 3.57. The van der Waals surface area contributed by atoms with E-state index in [0.29, 0.717) is 50.4 Å². The van der Waals surface area contributed by atoms with Crippen molar-refractivity contribution in [3.05, 3.63) is 93.3 Å². The van der Waals surface area contributed by atoms with E-state index in [1.165, 1.54) is 12.0 Å². The second-order valence-corrected chi connectivity index (χ2v) is 11.9. The minimum Gasteiger partial charge on any atom is -0.496 e. The predicted molar refractivity (Wildman–Crippen MR) is 166 cm³/mol. The summed E-state index contributed by atoms with van der Waals surface area (Å²) in [5.74, 6) is -0.0519. The second-order valence-electron chi connectivity index (χ2n) is 11.5. The minimum atomic E-state index is -1.55. The molecule has 1 atom stereocenters. The van der Waals surface area contributed by atoms with Gasteiger partial charge in [0.25, 0.3) is 17.7 Å². The number of halogens is 1. The van der Waals surface area contributed by atoms with Gasteiger partial charge in [-0.25, -0.2) is 4.98 Å². The highest BCUT2D eigenvalue weighted by Gasteiger charge is 2.64. The standard InChI is InChI=1S/C33H32ClN5O4/c1-17(2)38-28-27(36-29(38)22-12-10-20(15-26(22)43-7)30(40)37(5)6)31(41)39(25-16-21(34)11-9-19(25)4)33(28)23-13-8-18(3)14-24(23)35-32(33)42/h8-17H,1-7H3,(H,35,42). The number of carbonyl (C=O) groups is 3. The Hall–Kier alpha value is -4.63. The number of nitrogens with zero attached hydrogens (tertiary/aromatic N) is 4. The maximum atomic E-state index is 14.6. The van der Waals surface area contributed by atoms with E-state index in [4.69, 9.17) is 21.3 Å². The molecule has 220 valence electrons. The molecule has 2 aliphatic rings. The maximum absolute atomic E-state index is 14.6. The molecule has 43 heavy (non-hydrogen) atoms. The number of imidazole rings is 1. The number of methoxy groups -OCH3 is 1. The summed E-state index contributed by atoms with van der Waals surface area (Å²) >= 11 is 6.46. The van der Waals surface area contributed by atoms with Crippen LogP contribution in [0.2, 0.25) is 5.02 Å². The first-order chi connectivity index (χ1) is 20.4. The van der Waals surface area contributed by atoms with Crippen molar-refractivity contribution in [2.24, 2.45) is 0 Å². The lowest BCUT2D eigenvalue weighted by atomic mass is 9.86. The Balaban J connectivity index is 1.69. The van der Waals surface area contributed by atoms with Crippen molar-refractivity contribution in [2.45, 2.75) is 39.3 Å². The monoisotopic (exact) mass is 597 g/mol. The molecule has 0 saturated heterocycles. The van der Waals surface area contributed by atoms with Crippen LogP contribution >= 0.6 is 11.6 Å². The molecule has 1 unspecified atom stereocenters. The Morgan fingerprint density at radius 2 is 1.79 bits per heavy atom. The van der Waals surface area contributed by atoms with Crippen LogP contribution in [-0.2, 0) is 10.3 Å². The summed E-state index contributed by atoms with van der Waals surface area (Å²) < 4.78 is 7.68. The van der Waals surface area contributed by atoms with Crippen LogP contribution in [0, 0.1) is 13.8 Å². The molecule has 3 heterocycles. The number of anilines is 2. The fourth-order valence-corrected chi connectivity index (χ4v) is 6.40. The normalized spacial score (nSPS) is 17.0. The number of hydrogen-bond acceptors (Lipinski definition) is 5. The molecule has 10 heteroatoms. The molecule has 0 fully saturated rings. The first-order valence-corrected chi connectivity index (χ1v) is 14.4. The number of aromatic nitrogens is 2. The molecule has 1 N–H and O–H groups in total. The van der Waals surface area contributed by atoms with Crippen LogP contribution in [0.1, 0.15) is 63.1 Å². The zero-order valence-corrected chi connectivity index (χ0v) is 25.8. The molecule has 0 saturated carbocycles. The van der Waals surface area contributed by atoms with Gasteiger partial charge < -0.3 is 19.5 Å². The minimum absolute atomic E-state index is 0.169. The van der Waals surface area contributed by atoms with E-state index in [2.05, 4.69) is 5.32 Å². The van der Waals surface area contributed by atoms with Crippen molar-refractivity contribution in [3.8, 4) is 17.1 Å². The fraction of sp³-hybridized carbons (Fsp3) is 0.273. The average molecular weight is 598 g/mol. The van der Waals surface area contributed by atoms with E-state index in [-0.39, 0.29) is 23.6 Å². The van der Waals surface area contributed by atoms with Crippen LogP contribution in [-0.4, -0.2) is 53.4 Å². The highest BCUT2D eigenvalue weighted by atomic mass is 35.5. The van der Waals surface area contributed by atoms with E-state index in [1.807, 2.05) is 56.5 Å². The van der Waals surface area contributed by atoms with Gasteiger partial charge >= 0.3 is 0 Å². The van der Waals surface area contributed by atoms with Gasteiger partial charge in [0.1, 0.15) is 11.6 Å². The van der Waals surface area contributed by atoms with Crippen LogP contribution in [0.25, 0.3) is 11.4 Å². The number of aryl methyl sites for hydroxylation is 2. The molecule has 2 aliphatic heterocycles. The van der Waals surface area contributed by atoms with E-state index in [1.54, 1.807) is 49.3 Å². The Kier molecular flexibility index (Phi) is 6.61. The molecule has 1 spiro atoms. The lowest BCUT2D eigenvalue weighted by Gasteiger charge is -2.36. The van der Waals surface area contributed by atoms with Crippen LogP contribution < -0.4 is 15.0 Å². The van der Waals surface area contributed by atoms with Gasteiger partial charge in [-0.2, -0.15) is 0 Å². The zero-order valence-electron chi connectivity index (χ0n) is 25.1. The highest BCUT2D eigenvalue weighted by molar-refractivity contribution is 6.31. The van der Waals surface area contributed by atoms with E-state index in [9.17, 15) is 14.4 Å². The molecule has 0 bridgehead atoms. The Morgan fingerprint density at radius 3 is 2.47 bits per heavy atom. The summed E-state index contributed by atoms with van der Waals surface area (Å²) in [6.07, 6.45) is 0. The largest absolute Gasteiger partial charge is 0.496 e. The first kappa shape index (κ1) is 28.5. The van der Waals surface area contributed by atoms with Crippen molar-refractivity contribution in [1.82, 2.24) is 14.5 Å². The van der Waals surface area contributed by atoms with Gasteiger partial charge in [0.2, 0.25) is 0 Å². The van der Waals surface area contributed by atoms with Crippen LogP contribution in [0.5, 0.6) is 5.75 Å². The summed E-state index contributed by atoms with van der Waals surface area (Å²) in [6, 6.07) is 16.0. The van der Waals surface area contributed by atoms with E-state index >= 15 is 0 Å². The summed E-state index contributed by atoms with van der Waals surface area (Å²) in [6.45, 7) is 7.80. The lowest BCUT2D eigenvalue weighted by molar-refractivity contribution is -0.119. The van der Waals surface area contributed by atoms with Gasteiger partial charge in [-0.15, -0.1) is 0 Å². The fourth-order valence-electron chi connectivity index (χ4n) is 6.23. The summed E-state index contributed by atoms with van der Waals surface area (Å²) in [4.78, 5) is 49.7. The summed E-state index contributed by atoms with van der Waals surface area (Å²) in [5, 5.41) is 3.51. The third kappa shape index (κ3) is 3.98. The highest BCUT2D eigenvalue weighted by Crippen LogP contribution is 2.55. The second kappa shape index (κ2) is 9.98. The van der Waals surface area contributed by atoms with Crippen molar-refractivity contribution in [1.29, 1.82) is 0 Å². The molecule has 3 amide bonds. The lowest BCUT2D eigenvalue weighted by Crippen LogP contribution is -2.51. The smallest absolute Gasteiger partial charge is 0.280 e. The molecule has 0 aliphatic carbocycles. The zero-order chi connectivity index (χ0) is 31.0. The Morgan fingerprint density at radius 1 is 1.05 bits per heavy atom. The van der Waals surface area contributed by atoms with E-state index < -0.39 is 11.4 Å². The Bertz CT molecular complexity index is 1860. The Labute approximate surface area is 255 Å². The van der Waals surface area contributed by atoms with Crippen molar-refractivity contribution in [3.63, 3.8) is 0 Å². The third-order valence-corrected chi connectivity index (χ3v) is 8.40. The number of ether oxygens (including phenoxy) is 1. The molecule has 4 aromatic rings. The number of nitrogens with one attached hydrogen (secondary N) is 1. The molecule has 3 aromatic carbocycles. The number of amides is 3. The summed E-state index contributed by atoms with van der Waals surface area (Å²) in [7, 11) is 4.89. The van der Waals surface area contributed by atoms with Gasteiger partial charge in [0.05, 0.1) is 24.1 Å². The number of carbonyl (C=O) groups excluding carboxylic acids is 3. The quantitative estimate of drug-likeness (QED) is 0.306. The number of rotatable bonds is 5. The SMILES string of the molecule is COc1cc(C(=O)N(C)C)ccc1-c1nc2c(n1C(C)C)C1(C(=O)Nc3cc(C)ccc31)N(c1cc(Cl)ccc1C)C2=O. The van der Waals surface area contributed by atoms with Gasteiger partial charge in [0.15, 0.2) is 11.2 Å². The first-order valence-electron chi connectivity index (χ1n) is 14.0. The van der Waals surface area contributed by atoms with Crippen molar-refractivity contribution < 1.29 is 19.1 Å². The number of benzene rings is 3. The number of fused-ring (bicyclic) bond motifs is 4. The third-order valence-electron chi connectivity index (χ3n) is 8.16. The van der Waals surface area contributed by atoms with Gasteiger partial charge in [-0.1, -0.05) is 29.8 Å². The van der Waals surface area contributed by atoms with Crippen molar-refractivity contribution >= 4 is 40.7 Å². The summed E-state index contributed by atoms with van der Waals surface area (Å²) in [5.41, 5.74) is 3.72. The van der Waals surface area contributed by atoms with Crippen LogP contribution in [0.3, 0.4) is 0 Å². The molecule has 0 radical (unpaired) electrons. The van der Waals surface area contributed by atoms with Gasteiger partial charge in [-0.05, 0) is 75.2 Å². The predicted octanol–water partition coefficient (Wildman–Crippen LogP) is 5.97. The van der Waals surface area contributed by atoms with Crippen molar-refractivity contribution in [2.75, 3.05) is 31.4 Å². The van der Waals surface area contributed by atoms with Crippen LogP contribution in [0.4, 0.5) is 11.4 Å². The molecule has 6 rings (SSSR count).